The van der Waals surface area contributed by atoms with E-state index in [2.05, 4.69) is 24.5 Å². The first-order chi connectivity index (χ1) is 14.3. The molecule has 6 heteroatoms. The minimum Gasteiger partial charge on any atom is -0.460 e. The zero-order chi connectivity index (χ0) is 21.7. The number of nitrogens with one attached hydrogen (secondary N) is 2. The molecular formula is C24H26N2O4. The summed E-state index contributed by atoms with van der Waals surface area (Å²) in [6, 6.07) is 12.7. The van der Waals surface area contributed by atoms with Crippen LogP contribution in [0.1, 0.15) is 73.5 Å². The third-order valence-corrected chi connectivity index (χ3v) is 6.04. The fourth-order valence-corrected chi connectivity index (χ4v) is 4.43. The van der Waals surface area contributed by atoms with Crippen molar-refractivity contribution in [3.8, 4) is 5.75 Å². The summed E-state index contributed by atoms with van der Waals surface area (Å²) >= 11 is 0. The Morgan fingerprint density at radius 1 is 0.967 bits per heavy atom. The summed E-state index contributed by atoms with van der Waals surface area (Å²) in [6.07, 6.45) is 0.412. The molecule has 2 unspecified atom stereocenters. The van der Waals surface area contributed by atoms with E-state index in [1.165, 1.54) is 0 Å². The molecule has 2 aromatic rings. The first-order valence-electron chi connectivity index (χ1n) is 10.4. The number of carbonyl (C=O) groups excluding carboxylic acids is 3. The number of rotatable bonds is 5. The lowest BCUT2D eigenvalue weighted by Gasteiger charge is -2.39. The van der Waals surface area contributed by atoms with Gasteiger partial charge < -0.3 is 15.4 Å². The van der Waals surface area contributed by atoms with Crippen LogP contribution in [0.2, 0.25) is 0 Å². The summed E-state index contributed by atoms with van der Waals surface area (Å²) in [5.41, 5.74) is -0.496. The van der Waals surface area contributed by atoms with Gasteiger partial charge in [0.1, 0.15) is 5.75 Å². The molecule has 1 aliphatic heterocycles. The van der Waals surface area contributed by atoms with Crippen molar-refractivity contribution in [1.82, 2.24) is 10.6 Å². The van der Waals surface area contributed by atoms with Gasteiger partial charge >= 0.3 is 0 Å². The van der Waals surface area contributed by atoms with Gasteiger partial charge in [-0.15, -0.1) is 0 Å². The minimum atomic E-state index is -1.56. The molecule has 2 aromatic carbocycles. The molecule has 0 saturated heterocycles. The van der Waals surface area contributed by atoms with Gasteiger partial charge in [0, 0.05) is 29.5 Å². The second kappa shape index (κ2) is 6.97. The van der Waals surface area contributed by atoms with Crippen LogP contribution in [0.15, 0.2) is 42.5 Å². The topological polar surface area (TPSA) is 84.5 Å². The van der Waals surface area contributed by atoms with E-state index < -0.39 is 11.3 Å². The second-order valence-electron chi connectivity index (χ2n) is 8.12. The van der Waals surface area contributed by atoms with Gasteiger partial charge in [0.2, 0.25) is 17.5 Å². The molecular weight excluding hydrogens is 380 g/mol. The van der Waals surface area contributed by atoms with Crippen LogP contribution < -0.4 is 15.4 Å². The Morgan fingerprint density at radius 3 is 2.30 bits per heavy atom. The van der Waals surface area contributed by atoms with Crippen LogP contribution in [0.4, 0.5) is 0 Å². The smallest absolute Gasteiger partial charge is 0.245 e. The Balaban J connectivity index is 2.03. The monoisotopic (exact) mass is 406 g/mol. The largest absolute Gasteiger partial charge is 0.460 e. The highest BCUT2D eigenvalue weighted by molar-refractivity contribution is 6.13. The number of hydrogen-bond acceptors (Lipinski definition) is 4. The van der Waals surface area contributed by atoms with E-state index in [9.17, 15) is 14.4 Å². The number of ether oxygens (including phenoxy) is 1. The average Bonchev–Trinajstić information content (AvgIpc) is 3.12. The zero-order valence-electron chi connectivity index (χ0n) is 17.7. The van der Waals surface area contributed by atoms with Gasteiger partial charge in [-0.2, -0.15) is 0 Å². The van der Waals surface area contributed by atoms with Gasteiger partial charge in [0.25, 0.3) is 0 Å². The number of fused-ring (bicyclic) bond motifs is 5. The molecule has 2 amide bonds. The summed E-state index contributed by atoms with van der Waals surface area (Å²) in [6.45, 7) is 7.60. The van der Waals surface area contributed by atoms with Crippen LogP contribution >= 0.6 is 0 Å². The number of Topliss-reactive ketones (excluding diaryl/α,β-unsaturated/α-hetero) is 1. The maximum Gasteiger partial charge on any atom is 0.245 e. The van der Waals surface area contributed by atoms with E-state index in [0.29, 0.717) is 22.4 Å². The highest BCUT2D eigenvalue weighted by atomic mass is 16.5. The van der Waals surface area contributed by atoms with Crippen molar-refractivity contribution in [3.63, 3.8) is 0 Å². The third-order valence-electron chi connectivity index (χ3n) is 6.04. The Kier molecular flexibility index (Phi) is 4.68. The Morgan fingerprint density at radius 2 is 1.63 bits per heavy atom. The molecule has 2 aliphatic rings. The molecule has 0 fully saturated rings. The van der Waals surface area contributed by atoms with Gasteiger partial charge in [0.15, 0.2) is 11.3 Å². The first kappa shape index (κ1) is 20.1. The number of hydrogen-bond donors (Lipinski definition) is 2. The summed E-state index contributed by atoms with van der Waals surface area (Å²) in [7, 11) is 0. The average molecular weight is 406 g/mol. The lowest BCUT2D eigenvalue weighted by Crippen LogP contribution is -2.66. The predicted octanol–water partition coefficient (Wildman–Crippen LogP) is 3.50. The summed E-state index contributed by atoms with van der Waals surface area (Å²) in [5, 5.41) is 5.91. The molecule has 156 valence electrons. The van der Waals surface area contributed by atoms with Gasteiger partial charge in [-0.3, -0.25) is 14.4 Å². The summed E-state index contributed by atoms with van der Waals surface area (Å²) in [5.74, 6) is -0.101. The molecule has 2 N–H and O–H groups in total. The minimum absolute atomic E-state index is 0.197. The molecule has 30 heavy (non-hydrogen) atoms. The molecule has 0 spiro atoms. The van der Waals surface area contributed by atoms with E-state index in [1.54, 1.807) is 38.1 Å². The van der Waals surface area contributed by atoms with Crippen molar-refractivity contribution >= 4 is 17.6 Å². The van der Waals surface area contributed by atoms with E-state index in [4.69, 9.17) is 4.74 Å². The Hall–Kier alpha value is -3.15. The number of ketones is 1. The van der Waals surface area contributed by atoms with Crippen molar-refractivity contribution in [2.75, 3.05) is 0 Å². The van der Waals surface area contributed by atoms with Gasteiger partial charge in [-0.1, -0.05) is 64.1 Å². The molecule has 0 saturated carbocycles. The van der Waals surface area contributed by atoms with Crippen molar-refractivity contribution < 1.29 is 19.1 Å². The van der Waals surface area contributed by atoms with Crippen molar-refractivity contribution in [3.05, 3.63) is 64.7 Å². The fraction of sp³-hybridized carbons (Fsp3) is 0.375. The lowest BCUT2D eigenvalue weighted by molar-refractivity contribution is -0.134. The van der Waals surface area contributed by atoms with Crippen LogP contribution in [0, 0.1) is 0 Å². The van der Waals surface area contributed by atoms with Crippen molar-refractivity contribution in [2.24, 2.45) is 0 Å². The zero-order valence-corrected chi connectivity index (χ0v) is 17.7. The van der Waals surface area contributed by atoms with Gasteiger partial charge in [0.05, 0.1) is 0 Å². The van der Waals surface area contributed by atoms with Crippen LogP contribution in [0.5, 0.6) is 5.75 Å². The normalized spacial score (nSPS) is 23.4. The third kappa shape index (κ3) is 2.52. The van der Waals surface area contributed by atoms with Gasteiger partial charge in [-0.05, 0) is 17.5 Å². The molecule has 2 atom stereocenters. The summed E-state index contributed by atoms with van der Waals surface area (Å²) < 4.78 is 6.46. The molecule has 0 aromatic heterocycles. The van der Waals surface area contributed by atoms with E-state index in [-0.39, 0.29) is 36.4 Å². The molecule has 1 aliphatic carbocycles. The number of amides is 2. The predicted molar refractivity (Wildman–Crippen MR) is 112 cm³/mol. The fourth-order valence-electron chi connectivity index (χ4n) is 4.43. The van der Waals surface area contributed by atoms with E-state index in [1.807, 2.05) is 18.2 Å². The highest BCUT2D eigenvalue weighted by Gasteiger charge is 2.72. The maximum absolute atomic E-state index is 13.9. The van der Waals surface area contributed by atoms with Crippen LogP contribution in [0.3, 0.4) is 0 Å². The van der Waals surface area contributed by atoms with Crippen molar-refractivity contribution in [1.29, 1.82) is 0 Å². The molecule has 0 bridgehead atoms. The van der Waals surface area contributed by atoms with Crippen LogP contribution in [-0.4, -0.2) is 17.6 Å². The standard InChI is InChI=1S/C24H26N2O4/c1-5-20(27)25-23-18-12-11-15(14(3)4)13-19(18)30-24(23,26-21(28)6-2)17-10-8-7-9-16(17)22(23)29/h7-14H,5-6H2,1-4H3,(H,25,27)(H,26,28). The summed E-state index contributed by atoms with van der Waals surface area (Å²) in [4.78, 5) is 39.1. The first-order valence-corrected chi connectivity index (χ1v) is 10.4. The van der Waals surface area contributed by atoms with Crippen LogP contribution in [-0.2, 0) is 20.9 Å². The Labute approximate surface area is 176 Å². The SMILES string of the molecule is CCC(=O)NC12Oc3cc(C(C)C)ccc3C1(NC(=O)CC)C(=O)c1ccccc12. The molecule has 6 nitrogen and oxygen atoms in total. The van der Waals surface area contributed by atoms with E-state index in [0.717, 1.165) is 5.56 Å². The van der Waals surface area contributed by atoms with E-state index >= 15 is 0 Å². The number of benzene rings is 2. The maximum atomic E-state index is 13.9. The highest BCUT2D eigenvalue weighted by Crippen LogP contribution is 2.58. The lowest BCUT2D eigenvalue weighted by atomic mass is 9.80. The molecule has 4 rings (SSSR count). The van der Waals surface area contributed by atoms with Crippen molar-refractivity contribution in [2.45, 2.75) is 57.7 Å². The second-order valence-corrected chi connectivity index (χ2v) is 8.12. The van der Waals surface area contributed by atoms with Gasteiger partial charge in [-0.25, -0.2) is 0 Å². The van der Waals surface area contributed by atoms with Crippen LogP contribution in [0.25, 0.3) is 0 Å². The molecule has 1 heterocycles. The quantitative estimate of drug-likeness (QED) is 0.796. The Bertz CT molecular complexity index is 1060. The number of carbonyl (C=O) groups is 3. The molecule has 0 radical (unpaired) electrons.